The lowest BCUT2D eigenvalue weighted by molar-refractivity contribution is 0.282. The van der Waals surface area contributed by atoms with Crippen LogP contribution in [0.2, 0.25) is 0 Å². The van der Waals surface area contributed by atoms with Gasteiger partial charge in [-0.3, -0.25) is 9.36 Å². The first-order valence-corrected chi connectivity index (χ1v) is 6.22. The molecule has 2 N–H and O–H groups in total. The van der Waals surface area contributed by atoms with Gasteiger partial charge < -0.3 is 15.0 Å². The van der Waals surface area contributed by atoms with Crippen molar-refractivity contribution in [2.45, 2.75) is 13.2 Å². The average molecular weight is 275 g/mol. The maximum absolute atomic E-state index is 12.0. The summed E-state index contributed by atoms with van der Waals surface area (Å²) < 4.78 is 2.46. The van der Waals surface area contributed by atoms with Crippen LogP contribution in [0.1, 0.15) is 11.1 Å². The first-order valence-electron chi connectivity index (χ1n) is 6.22. The lowest BCUT2D eigenvalue weighted by Crippen LogP contribution is -2.38. The molecule has 2 rings (SSSR count). The van der Waals surface area contributed by atoms with Crippen LogP contribution in [0.15, 0.2) is 40.1 Å². The topological polar surface area (TPSA) is 76.3 Å². The van der Waals surface area contributed by atoms with E-state index in [2.05, 4.69) is 5.32 Å². The third-order valence-corrected chi connectivity index (χ3v) is 3.11. The zero-order chi connectivity index (χ0) is 14.7. The summed E-state index contributed by atoms with van der Waals surface area (Å²) in [5, 5.41) is 12.2. The molecule has 2 aromatic rings. The Balaban J connectivity index is 2.23. The summed E-state index contributed by atoms with van der Waals surface area (Å²) in [4.78, 5) is 23.5. The minimum Gasteiger partial charge on any atom is -0.392 e. The van der Waals surface area contributed by atoms with Gasteiger partial charge in [-0.25, -0.2) is 4.79 Å². The van der Waals surface area contributed by atoms with Gasteiger partial charge in [0.2, 0.25) is 0 Å². The average Bonchev–Trinajstić information content (AvgIpc) is 2.47. The van der Waals surface area contributed by atoms with E-state index in [1.807, 2.05) is 24.3 Å². The van der Waals surface area contributed by atoms with E-state index in [4.69, 9.17) is 5.11 Å². The standard InChI is InChI=1S/C14H17N3O3/c1-16-8-11(13(19)17(2)14(16)20)7-15-12-5-3-4-10(6-12)9-18/h3-6,8,15,18H,7,9H2,1-2H3. The molecule has 1 aromatic heterocycles. The molecule has 6 heteroatoms. The molecule has 1 aromatic carbocycles. The van der Waals surface area contributed by atoms with Gasteiger partial charge in [-0.1, -0.05) is 12.1 Å². The number of hydrogen-bond donors (Lipinski definition) is 2. The SMILES string of the molecule is Cn1cc(CNc2cccc(CO)c2)c(=O)n(C)c1=O. The number of anilines is 1. The van der Waals surface area contributed by atoms with Crippen molar-refractivity contribution >= 4 is 5.69 Å². The Morgan fingerprint density at radius 2 is 2.00 bits per heavy atom. The van der Waals surface area contributed by atoms with Gasteiger partial charge in [0.1, 0.15) is 0 Å². The van der Waals surface area contributed by atoms with Gasteiger partial charge in [0, 0.05) is 32.5 Å². The summed E-state index contributed by atoms with van der Waals surface area (Å²) in [7, 11) is 3.07. The van der Waals surface area contributed by atoms with Crippen molar-refractivity contribution in [3.63, 3.8) is 0 Å². The maximum Gasteiger partial charge on any atom is 0.330 e. The van der Waals surface area contributed by atoms with Crippen LogP contribution >= 0.6 is 0 Å². The molecule has 0 aliphatic carbocycles. The summed E-state index contributed by atoms with van der Waals surface area (Å²) in [5.41, 5.74) is 1.46. The van der Waals surface area contributed by atoms with Crippen LogP contribution < -0.4 is 16.6 Å². The maximum atomic E-state index is 12.0. The second kappa shape index (κ2) is 5.75. The molecule has 106 valence electrons. The van der Waals surface area contributed by atoms with Gasteiger partial charge in [-0.05, 0) is 17.7 Å². The summed E-state index contributed by atoms with van der Waals surface area (Å²) in [6.07, 6.45) is 1.54. The largest absolute Gasteiger partial charge is 0.392 e. The first kappa shape index (κ1) is 14.1. The number of nitrogens with zero attached hydrogens (tertiary/aromatic N) is 2. The molecule has 0 saturated carbocycles. The molecule has 0 aliphatic heterocycles. The van der Waals surface area contributed by atoms with Crippen molar-refractivity contribution in [3.8, 4) is 0 Å². The zero-order valence-corrected chi connectivity index (χ0v) is 11.5. The van der Waals surface area contributed by atoms with Crippen molar-refractivity contribution in [1.82, 2.24) is 9.13 Å². The van der Waals surface area contributed by atoms with Crippen LogP contribution in [-0.2, 0) is 27.2 Å². The Hall–Kier alpha value is -2.34. The van der Waals surface area contributed by atoms with Gasteiger partial charge >= 0.3 is 5.69 Å². The molecular formula is C14H17N3O3. The summed E-state index contributed by atoms with van der Waals surface area (Å²) in [5.74, 6) is 0. The van der Waals surface area contributed by atoms with Crippen LogP contribution in [0.4, 0.5) is 5.69 Å². The molecule has 6 nitrogen and oxygen atoms in total. The van der Waals surface area contributed by atoms with E-state index in [1.54, 1.807) is 7.05 Å². The summed E-state index contributed by atoms with van der Waals surface area (Å²) >= 11 is 0. The Labute approximate surface area is 115 Å². The second-order valence-corrected chi connectivity index (χ2v) is 4.62. The number of benzene rings is 1. The Morgan fingerprint density at radius 1 is 1.25 bits per heavy atom. The van der Waals surface area contributed by atoms with Gasteiger partial charge in [0.15, 0.2) is 0 Å². The van der Waals surface area contributed by atoms with Gasteiger partial charge in [-0.15, -0.1) is 0 Å². The monoisotopic (exact) mass is 275 g/mol. The fourth-order valence-electron chi connectivity index (χ4n) is 1.98. The molecule has 1 heterocycles. The minimum absolute atomic E-state index is 0.0306. The number of aromatic nitrogens is 2. The van der Waals surface area contributed by atoms with Crippen molar-refractivity contribution in [1.29, 1.82) is 0 Å². The highest BCUT2D eigenvalue weighted by Gasteiger charge is 2.06. The van der Waals surface area contributed by atoms with E-state index in [9.17, 15) is 9.59 Å². The lowest BCUT2D eigenvalue weighted by Gasteiger charge is -2.09. The van der Waals surface area contributed by atoms with E-state index in [1.165, 1.54) is 17.8 Å². The Morgan fingerprint density at radius 3 is 2.70 bits per heavy atom. The number of hydrogen-bond acceptors (Lipinski definition) is 4. The van der Waals surface area contributed by atoms with Crippen LogP contribution in [0.3, 0.4) is 0 Å². The molecule has 0 amide bonds. The molecule has 0 saturated heterocycles. The third-order valence-electron chi connectivity index (χ3n) is 3.11. The Kier molecular flexibility index (Phi) is 4.05. The van der Waals surface area contributed by atoms with Crippen LogP contribution in [0.5, 0.6) is 0 Å². The van der Waals surface area contributed by atoms with E-state index >= 15 is 0 Å². The van der Waals surface area contributed by atoms with Crippen molar-refractivity contribution in [2.75, 3.05) is 5.32 Å². The van der Waals surface area contributed by atoms with Gasteiger partial charge in [0.25, 0.3) is 5.56 Å². The van der Waals surface area contributed by atoms with E-state index in [-0.39, 0.29) is 17.9 Å². The van der Waals surface area contributed by atoms with Gasteiger partial charge in [0.05, 0.1) is 12.2 Å². The quantitative estimate of drug-likeness (QED) is 0.835. The van der Waals surface area contributed by atoms with Crippen LogP contribution in [-0.4, -0.2) is 14.2 Å². The molecular weight excluding hydrogens is 258 g/mol. The predicted octanol–water partition coefficient (Wildman–Crippen LogP) is 0.188. The third kappa shape index (κ3) is 2.80. The number of rotatable bonds is 4. The van der Waals surface area contributed by atoms with E-state index in [0.717, 1.165) is 15.8 Å². The molecule has 0 atom stereocenters. The van der Waals surface area contributed by atoms with Crippen molar-refractivity contribution in [2.24, 2.45) is 14.1 Å². The lowest BCUT2D eigenvalue weighted by atomic mass is 10.2. The number of aliphatic hydroxyl groups is 1. The molecule has 0 unspecified atom stereocenters. The number of aryl methyl sites for hydroxylation is 1. The normalized spacial score (nSPS) is 10.6. The van der Waals surface area contributed by atoms with E-state index in [0.29, 0.717) is 12.1 Å². The van der Waals surface area contributed by atoms with E-state index < -0.39 is 0 Å². The number of nitrogens with one attached hydrogen (secondary N) is 1. The molecule has 0 radical (unpaired) electrons. The minimum atomic E-state index is -0.346. The Bertz CT molecular complexity index is 731. The van der Waals surface area contributed by atoms with Crippen LogP contribution in [0.25, 0.3) is 0 Å². The fraction of sp³-hybridized carbons (Fsp3) is 0.286. The molecule has 0 fully saturated rings. The summed E-state index contributed by atoms with van der Waals surface area (Å²) in [6, 6.07) is 7.31. The van der Waals surface area contributed by atoms with Gasteiger partial charge in [-0.2, -0.15) is 0 Å². The second-order valence-electron chi connectivity index (χ2n) is 4.62. The fourth-order valence-corrected chi connectivity index (χ4v) is 1.98. The predicted molar refractivity (Wildman–Crippen MR) is 76.6 cm³/mol. The highest BCUT2D eigenvalue weighted by Crippen LogP contribution is 2.11. The first-order chi connectivity index (χ1) is 9.52. The molecule has 0 spiro atoms. The van der Waals surface area contributed by atoms with Crippen LogP contribution in [0, 0.1) is 0 Å². The molecule has 0 bridgehead atoms. The summed E-state index contributed by atoms with van der Waals surface area (Å²) in [6.45, 7) is 0.285. The molecule has 20 heavy (non-hydrogen) atoms. The van der Waals surface area contributed by atoms with Crippen molar-refractivity contribution < 1.29 is 5.11 Å². The zero-order valence-electron chi connectivity index (χ0n) is 11.5. The highest BCUT2D eigenvalue weighted by atomic mass is 16.3. The highest BCUT2D eigenvalue weighted by molar-refractivity contribution is 5.45. The smallest absolute Gasteiger partial charge is 0.330 e. The van der Waals surface area contributed by atoms with Crippen molar-refractivity contribution in [3.05, 3.63) is 62.4 Å². The number of aliphatic hydroxyl groups excluding tert-OH is 1. The molecule has 0 aliphatic rings.